The number of fused-ring (bicyclic) bond motifs is 4. The molecule has 0 spiro atoms. The fourth-order valence-corrected chi connectivity index (χ4v) is 4.33. The van der Waals surface area contributed by atoms with Gasteiger partial charge in [0.1, 0.15) is 0 Å². The molecule has 0 unspecified atom stereocenters. The third-order valence-electron chi connectivity index (χ3n) is 4.11. The van der Waals surface area contributed by atoms with Gasteiger partial charge in [-0.05, 0) is 36.4 Å². The Kier molecular flexibility index (Phi) is 2.92. The number of thiazole rings is 1. The number of H-pyrrole nitrogens is 1. The average Bonchev–Trinajstić information content (AvgIpc) is 3.22. The highest BCUT2D eigenvalue weighted by atomic mass is 79.9. The summed E-state index contributed by atoms with van der Waals surface area (Å²) in [6.45, 7) is 0. The quantitative estimate of drug-likeness (QED) is 0.470. The molecule has 3 heterocycles. The molecule has 116 valence electrons. The molecule has 2 aromatic carbocycles. The maximum absolute atomic E-state index is 12.8. The molecule has 0 aliphatic carbocycles. The first-order valence-electron chi connectivity index (χ1n) is 7.39. The van der Waals surface area contributed by atoms with Crippen molar-refractivity contribution in [1.29, 1.82) is 0 Å². The zero-order valence-electron chi connectivity index (χ0n) is 12.3. The van der Waals surface area contributed by atoms with Gasteiger partial charge in [0.25, 0.3) is 5.56 Å². The molecular formula is C18H10BrN3OS. The molecule has 0 aliphatic rings. The number of benzene rings is 2. The highest BCUT2D eigenvalue weighted by molar-refractivity contribution is 9.10. The molecule has 0 saturated carbocycles. The van der Waals surface area contributed by atoms with Crippen LogP contribution in [0.15, 0.2) is 57.9 Å². The normalized spacial score (nSPS) is 12.8. The molecule has 0 fully saturated rings. The lowest BCUT2D eigenvalue weighted by molar-refractivity contribution is 1.19. The first-order chi connectivity index (χ1) is 11.7. The van der Waals surface area contributed by atoms with Gasteiger partial charge in [-0.1, -0.05) is 39.4 Å². The number of halogens is 1. The Balaban J connectivity index is 1.82. The number of para-hydroxylation sites is 2. The van der Waals surface area contributed by atoms with Crippen LogP contribution < -0.4 is 10.1 Å². The Labute approximate surface area is 148 Å². The maximum Gasteiger partial charge on any atom is 0.274 e. The summed E-state index contributed by atoms with van der Waals surface area (Å²) in [5, 5.41) is 1.08. The predicted molar refractivity (Wildman–Crippen MR) is 102 cm³/mol. The minimum atomic E-state index is -0.0203. The molecule has 1 N–H and O–H groups in total. The van der Waals surface area contributed by atoms with Crippen molar-refractivity contribution in [3.8, 4) is 0 Å². The Hall–Kier alpha value is -2.44. The summed E-state index contributed by atoms with van der Waals surface area (Å²) in [6.07, 6.45) is 3.86. The molecule has 0 bridgehead atoms. The first-order valence-corrected chi connectivity index (χ1v) is 9.00. The third kappa shape index (κ3) is 1.96. The van der Waals surface area contributed by atoms with Crippen molar-refractivity contribution >= 4 is 60.2 Å². The number of aromatic amines is 1. The predicted octanol–water partition coefficient (Wildman–Crippen LogP) is 3.70. The summed E-state index contributed by atoms with van der Waals surface area (Å²) >= 11 is 4.92. The third-order valence-corrected chi connectivity index (χ3v) is 5.57. The van der Waals surface area contributed by atoms with Gasteiger partial charge in [-0.25, -0.2) is 9.38 Å². The molecule has 4 nitrogen and oxygen atoms in total. The average molecular weight is 396 g/mol. The van der Waals surface area contributed by atoms with Crippen molar-refractivity contribution in [1.82, 2.24) is 14.4 Å². The van der Waals surface area contributed by atoms with Crippen molar-refractivity contribution in [2.24, 2.45) is 0 Å². The van der Waals surface area contributed by atoms with Gasteiger partial charge in [0.05, 0.1) is 15.6 Å². The first kappa shape index (κ1) is 13.9. The molecule has 0 atom stereocenters. The van der Waals surface area contributed by atoms with E-state index in [4.69, 9.17) is 0 Å². The lowest BCUT2D eigenvalue weighted by atomic mass is 10.2. The van der Waals surface area contributed by atoms with E-state index >= 15 is 0 Å². The molecular weight excluding hydrogens is 386 g/mol. The van der Waals surface area contributed by atoms with Crippen molar-refractivity contribution in [3.63, 3.8) is 0 Å². The van der Waals surface area contributed by atoms with Crippen LogP contribution in [0.5, 0.6) is 0 Å². The van der Waals surface area contributed by atoms with E-state index in [2.05, 4.69) is 32.0 Å². The molecule has 6 heteroatoms. The Morgan fingerprint density at radius 3 is 3.00 bits per heavy atom. The molecule has 24 heavy (non-hydrogen) atoms. The fraction of sp³-hybridized carbons (Fsp3) is 0. The number of rotatable bonds is 1. The van der Waals surface area contributed by atoms with E-state index in [1.807, 2.05) is 48.7 Å². The molecule has 0 amide bonds. The van der Waals surface area contributed by atoms with Crippen LogP contribution in [0.1, 0.15) is 5.56 Å². The van der Waals surface area contributed by atoms with Gasteiger partial charge < -0.3 is 4.98 Å². The molecule has 3 aromatic heterocycles. The fourth-order valence-electron chi connectivity index (χ4n) is 2.99. The topological polar surface area (TPSA) is 50.2 Å². The lowest BCUT2D eigenvalue weighted by Crippen LogP contribution is -2.22. The van der Waals surface area contributed by atoms with Gasteiger partial charge in [0, 0.05) is 27.1 Å². The highest BCUT2D eigenvalue weighted by Gasteiger charge is 2.11. The van der Waals surface area contributed by atoms with E-state index in [0.717, 1.165) is 36.9 Å². The van der Waals surface area contributed by atoms with Gasteiger partial charge in [-0.15, -0.1) is 0 Å². The van der Waals surface area contributed by atoms with E-state index in [1.165, 1.54) is 11.3 Å². The van der Waals surface area contributed by atoms with E-state index in [0.29, 0.717) is 4.53 Å². The van der Waals surface area contributed by atoms with E-state index < -0.39 is 0 Å². The van der Waals surface area contributed by atoms with Crippen LogP contribution in [0.3, 0.4) is 0 Å². The zero-order chi connectivity index (χ0) is 16.3. The SMILES string of the molecule is O=c1/c(=C/c2c[nH]c3ccc(Br)cc23)sc2nc3ccccc3n12. The second kappa shape index (κ2) is 5.03. The number of nitrogens with zero attached hydrogens (tertiary/aromatic N) is 2. The Bertz CT molecular complexity index is 1350. The molecule has 0 radical (unpaired) electrons. The summed E-state index contributed by atoms with van der Waals surface area (Å²) in [5.74, 6) is 0. The summed E-state index contributed by atoms with van der Waals surface area (Å²) in [4.78, 5) is 21.3. The summed E-state index contributed by atoms with van der Waals surface area (Å²) in [6, 6.07) is 13.8. The maximum atomic E-state index is 12.8. The molecule has 5 aromatic rings. The van der Waals surface area contributed by atoms with Crippen LogP contribution in [0, 0.1) is 0 Å². The summed E-state index contributed by atoms with van der Waals surface area (Å²) in [7, 11) is 0. The summed E-state index contributed by atoms with van der Waals surface area (Å²) < 4.78 is 3.39. The number of nitrogens with one attached hydrogen (secondary N) is 1. The van der Waals surface area contributed by atoms with E-state index in [9.17, 15) is 4.79 Å². The number of hydrogen-bond acceptors (Lipinski definition) is 3. The smallest absolute Gasteiger partial charge is 0.274 e. The van der Waals surface area contributed by atoms with Gasteiger partial charge >= 0.3 is 0 Å². The largest absolute Gasteiger partial charge is 0.361 e. The van der Waals surface area contributed by atoms with E-state index in [-0.39, 0.29) is 5.56 Å². The minimum absolute atomic E-state index is 0.0203. The van der Waals surface area contributed by atoms with Crippen molar-refractivity contribution < 1.29 is 0 Å². The van der Waals surface area contributed by atoms with Gasteiger partial charge in [-0.2, -0.15) is 0 Å². The van der Waals surface area contributed by atoms with E-state index in [1.54, 1.807) is 4.40 Å². The van der Waals surface area contributed by atoms with Gasteiger partial charge in [0.2, 0.25) is 0 Å². The molecule has 0 saturated heterocycles. The second-order valence-electron chi connectivity index (χ2n) is 5.57. The molecule has 0 aliphatic heterocycles. The van der Waals surface area contributed by atoms with Crippen LogP contribution >= 0.6 is 27.3 Å². The minimum Gasteiger partial charge on any atom is -0.361 e. The van der Waals surface area contributed by atoms with Crippen LogP contribution in [0.4, 0.5) is 0 Å². The Morgan fingerprint density at radius 2 is 2.08 bits per heavy atom. The Morgan fingerprint density at radius 1 is 1.21 bits per heavy atom. The number of hydrogen-bond donors (Lipinski definition) is 1. The molecule has 5 rings (SSSR count). The van der Waals surface area contributed by atoms with Crippen LogP contribution in [-0.4, -0.2) is 14.4 Å². The second-order valence-corrected chi connectivity index (χ2v) is 7.49. The zero-order valence-corrected chi connectivity index (χ0v) is 14.7. The van der Waals surface area contributed by atoms with Crippen molar-refractivity contribution in [2.75, 3.05) is 0 Å². The van der Waals surface area contributed by atoms with Gasteiger partial charge in [-0.3, -0.25) is 4.79 Å². The van der Waals surface area contributed by atoms with Crippen molar-refractivity contribution in [3.05, 3.63) is 73.6 Å². The van der Waals surface area contributed by atoms with Gasteiger partial charge in [0.15, 0.2) is 4.96 Å². The summed E-state index contributed by atoms with van der Waals surface area (Å²) in [5.41, 5.74) is 3.73. The highest BCUT2D eigenvalue weighted by Crippen LogP contribution is 2.23. The lowest BCUT2D eigenvalue weighted by Gasteiger charge is -1.93. The van der Waals surface area contributed by atoms with Crippen molar-refractivity contribution in [2.45, 2.75) is 0 Å². The number of imidazole rings is 1. The van der Waals surface area contributed by atoms with Crippen LogP contribution in [0.25, 0.3) is 33.0 Å². The van der Waals surface area contributed by atoms with Crippen LogP contribution in [0.2, 0.25) is 0 Å². The monoisotopic (exact) mass is 395 g/mol. The number of aromatic nitrogens is 3. The van der Waals surface area contributed by atoms with Crippen LogP contribution in [-0.2, 0) is 0 Å². The standard InChI is InChI=1S/C18H10BrN3OS/c19-11-5-6-13-12(8-11)10(9-20-13)7-16-17(23)22-15-4-2-1-3-14(15)21-18(22)24-16/h1-9,20H/b16-7-.